The highest BCUT2D eigenvalue weighted by Gasteiger charge is 2.23. The average molecular weight is 263 g/mol. The molecule has 0 unspecified atom stereocenters. The highest BCUT2D eigenvalue weighted by Crippen LogP contribution is 2.29. The molecule has 0 atom stereocenters. The Morgan fingerprint density at radius 3 is 2.11 bits per heavy atom. The molecular formula is C13H17N3O3. The van der Waals surface area contributed by atoms with Gasteiger partial charge in [-0.05, 0) is 26.0 Å². The summed E-state index contributed by atoms with van der Waals surface area (Å²) in [5.41, 5.74) is 5.99. The molecule has 0 radical (unpaired) electrons. The molecular weight excluding hydrogens is 246 g/mol. The van der Waals surface area contributed by atoms with Crippen LogP contribution in [-0.2, 0) is 5.54 Å². The van der Waals surface area contributed by atoms with Crippen molar-refractivity contribution >= 4 is 0 Å². The molecule has 0 aliphatic rings. The van der Waals surface area contributed by atoms with Crippen LogP contribution in [0.25, 0.3) is 11.4 Å². The molecule has 6 nitrogen and oxygen atoms in total. The summed E-state index contributed by atoms with van der Waals surface area (Å²) in [4.78, 5) is 4.29. The van der Waals surface area contributed by atoms with E-state index < -0.39 is 5.54 Å². The van der Waals surface area contributed by atoms with Gasteiger partial charge in [-0.3, -0.25) is 0 Å². The third kappa shape index (κ3) is 2.85. The second kappa shape index (κ2) is 4.89. The maximum absolute atomic E-state index is 5.91. The number of hydrogen-bond acceptors (Lipinski definition) is 6. The molecule has 0 fully saturated rings. The largest absolute Gasteiger partial charge is 0.497 e. The van der Waals surface area contributed by atoms with Crippen LogP contribution < -0.4 is 15.2 Å². The Morgan fingerprint density at radius 2 is 1.68 bits per heavy atom. The summed E-state index contributed by atoms with van der Waals surface area (Å²) in [7, 11) is 3.17. The molecule has 0 amide bonds. The van der Waals surface area contributed by atoms with Crippen LogP contribution in [0.1, 0.15) is 19.7 Å². The van der Waals surface area contributed by atoms with Crippen LogP contribution in [0.15, 0.2) is 22.7 Å². The van der Waals surface area contributed by atoms with Crippen LogP contribution in [0.4, 0.5) is 0 Å². The van der Waals surface area contributed by atoms with Gasteiger partial charge in [-0.25, -0.2) is 0 Å². The number of nitrogens with zero attached hydrogens (tertiary/aromatic N) is 2. The maximum Gasteiger partial charge on any atom is 0.246 e. The van der Waals surface area contributed by atoms with Gasteiger partial charge in [-0.2, -0.15) is 4.98 Å². The highest BCUT2D eigenvalue weighted by molar-refractivity contribution is 5.60. The highest BCUT2D eigenvalue weighted by atomic mass is 16.5. The Bertz CT molecular complexity index is 551. The van der Waals surface area contributed by atoms with Gasteiger partial charge in [0.2, 0.25) is 11.7 Å². The van der Waals surface area contributed by atoms with Crippen LogP contribution in [0.5, 0.6) is 11.5 Å². The Labute approximate surface area is 111 Å². The topological polar surface area (TPSA) is 83.4 Å². The summed E-state index contributed by atoms with van der Waals surface area (Å²) in [6, 6.07) is 5.39. The van der Waals surface area contributed by atoms with Crippen molar-refractivity contribution in [3.63, 3.8) is 0 Å². The molecule has 1 aromatic carbocycles. The molecule has 1 heterocycles. The second-order valence-corrected chi connectivity index (χ2v) is 4.75. The number of hydrogen-bond donors (Lipinski definition) is 1. The molecule has 2 rings (SSSR count). The Kier molecular flexibility index (Phi) is 3.44. The summed E-state index contributed by atoms with van der Waals surface area (Å²) in [5.74, 6) is 2.15. The lowest BCUT2D eigenvalue weighted by Gasteiger charge is -2.10. The molecule has 0 spiro atoms. The summed E-state index contributed by atoms with van der Waals surface area (Å²) in [6.45, 7) is 3.60. The van der Waals surface area contributed by atoms with Gasteiger partial charge < -0.3 is 19.7 Å². The molecule has 102 valence electrons. The standard InChI is InChI=1S/C13H17N3O3/c1-13(2,14)12-15-11(16-19-12)8-5-9(17-3)7-10(6-8)18-4/h5-7H,14H2,1-4H3. The molecule has 2 aromatic rings. The van der Waals surface area contributed by atoms with Crippen molar-refractivity contribution in [2.45, 2.75) is 19.4 Å². The number of methoxy groups -OCH3 is 2. The fourth-order valence-electron chi connectivity index (χ4n) is 1.54. The van der Waals surface area contributed by atoms with Gasteiger partial charge in [-0.1, -0.05) is 5.16 Å². The Hall–Kier alpha value is -2.08. The van der Waals surface area contributed by atoms with E-state index in [1.165, 1.54) is 0 Å². The van der Waals surface area contributed by atoms with Crippen molar-refractivity contribution in [3.05, 3.63) is 24.1 Å². The summed E-state index contributed by atoms with van der Waals surface area (Å²) >= 11 is 0. The van der Waals surface area contributed by atoms with E-state index in [2.05, 4.69) is 10.1 Å². The molecule has 0 aliphatic carbocycles. The first kappa shape index (κ1) is 13.4. The van der Waals surface area contributed by atoms with Gasteiger partial charge in [0, 0.05) is 11.6 Å². The van der Waals surface area contributed by atoms with Crippen LogP contribution >= 0.6 is 0 Å². The molecule has 0 bridgehead atoms. The van der Waals surface area contributed by atoms with E-state index in [-0.39, 0.29) is 0 Å². The van der Waals surface area contributed by atoms with E-state index in [9.17, 15) is 0 Å². The van der Waals surface area contributed by atoms with Crippen molar-refractivity contribution in [2.24, 2.45) is 5.73 Å². The summed E-state index contributed by atoms with van der Waals surface area (Å²) in [5, 5.41) is 3.93. The smallest absolute Gasteiger partial charge is 0.246 e. The molecule has 0 saturated heterocycles. The Balaban J connectivity index is 2.43. The fourth-order valence-corrected chi connectivity index (χ4v) is 1.54. The van der Waals surface area contributed by atoms with Gasteiger partial charge >= 0.3 is 0 Å². The van der Waals surface area contributed by atoms with Crippen molar-refractivity contribution in [2.75, 3.05) is 14.2 Å². The van der Waals surface area contributed by atoms with E-state index >= 15 is 0 Å². The summed E-state index contributed by atoms with van der Waals surface area (Å²) in [6.07, 6.45) is 0. The predicted molar refractivity (Wildman–Crippen MR) is 70.1 cm³/mol. The quantitative estimate of drug-likeness (QED) is 0.907. The lowest BCUT2D eigenvalue weighted by molar-refractivity contribution is 0.312. The minimum atomic E-state index is -0.672. The number of ether oxygens (including phenoxy) is 2. The first-order valence-electron chi connectivity index (χ1n) is 5.80. The van der Waals surface area contributed by atoms with E-state index in [1.54, 1.807) is 46.3 Å². The van der Waals surface area contributed by atoms with Crippen molar-refractivity contribution in [1.29, 1.82) is 0 Å². The summed E-state index contributed by atoms with van der Waals surface area (Å²) < 4.78 is 15.6. The number of aromatic nitrogens is 2. The fraction of sp³-hybridized carbons (Fsp3) is 0.385. The first-order chi connectivity index (χ1) is 8.94. The van der Waals surface area contributed by atoms with Crippen LogP contribution in [0, 0.1) is 0 Å². The Morgan fingerprint density at radius 1 is 1.11 bits per heavy atom. The van der Waals surface area contributed by atoms with Crippen LogP contribution in [0.3, 0.4) is 0 Å². The minimum absolute atomic E-state index is 0.379. The minimum Gasteiger partial charge on any atom is -0.497 e. The molecule has 2 N–H and O–H groups in total. The first-order valence-corrected chi connectivity index (χ1v) is 5.80. The van der Waals surface area contributed by atoms with Crippen LogP contribution in [0.2, 0.25) is 0 Å². The van der Waals surface area contributed by atoms with Gasteiger partial charge in [0.25, 0.3) is 0 Å². The molecule has 6 heteroatoms. The predicted octanol–water partition coefficient (Wildman–Crippen LogP) is 1.95. The third-order valence-corrected chi connectivity index (χ3v) is 2.59. The average Bonchev–Trinajstić information content (AvgIpc) is 2.87. The van der Waals surface area contributed by atoms with E-state index in [1.807, 2.05) is 0 Å². The molecule has 0 aliphatic heterocycles. The zero-order chi connectivity index (χ0) is 14.0. The maximum atomic E-state index is 5.91. The van der Waals surface area contributed by atoms with Gasteiger partial charge in [0.15, 0.2) is 0 Å². The van der Waals surface area contributed by atoms with E-state index in [0.717, 1.165) is 5.56 Å². The van der Waals surface area contributed by atoms with Crippen molar-refractivity contribution < 1.29 is 14.0 Å². The number of nitrogens with two attached hydrogens (primary N) is 1. The lowest BCUT2D eigenvalue weighted by Crippen LogP contribution is -2.28. The van der Waals surface area contributed by atoms with E-state index in [0.29, 0.717) is 23.2 Å². The van der Waals surface area contributed by atoms with Gasteiger partial charge in [-0.15, -0.1) is 0 Å². The van der Waals surface area contributed by atoms with Crippen molar-refractivity contribution in [1.82, 2.24) is 10.1 Å². The van der Waals surface area contributed by atoms with Gasteiger partial charge in [0.1, 0.15) is 11.5 Å². The normalized spacial score (nSPS) is 11.4. The monoisotopic (exact) mass is 263 g/mol. The van der Waals surface area contributed by atoms with Gasteiger partial charge in [0.05, 0.1) is 19.8 Å². The lowest BCUT2D eigenvalue weighted by atomic mass is 10.1. The van der Waals surface area contributed by atoms with Crippen LogP contribution in [-0.4, -0.2) is 24.4 Å². The zero-order valence-electron chi connectivity index (χ0n) is 11.4. The number of rotatable bonds is 4. The molecule has 1 aromatic heterocycles. The third-order valence-electron chi connectivity index (χ3n) is 2.59. The second-order valence-electron chi connectivity index (χ2n) is 4.75. The zero-order valence-corrected chi connectivity index (χ0v) is 11.4. The number of benzene rings is 1. The molecule has 19 heavy (non-hydrogen) atoms. The van der Waals surface area contributed by atoms with E-state index in [4.69, 9.17) is 19.7 Å². The SMILES string of the molecule is COc1cc(OC)cc(-c2noc(C(C)(C)N)n2)c1. The van der Waals surface area contributed by atoms with Crippen molar-refractivity contribution in [3.8, 4) is 22.9 Å². The molecule has 0 saturated carbocycles.